The first-order chi connectivity index (χ1) is 24.8. The number of ether oxygens (including phenoxy) is 1. The molecule has 11 nitrogen and oxygen atoms in total. The Hall–Kier alpha value is -4.07. The summed E-state index contributed by atoms with van der Waals surface area (Å²) in [4.78, 5) is 41.5. The molecule has 1 heterocycles. The summed E-state index contributed by atoms with van der Waals surface area (Å²) in [5.74, 6) is -2.27. The highest BCUT2D eigenvalue weighted by Crippen LogP contribution is 2.44. The Morgan fingerprint density at radius 3 is 2.13 bits per heavy atom. The van der Waals surface area contributed by atoms with Crippen LogP contribution < -0.4 is 25.0 Å². The van der Waals surface area contributed by atoms with Gasteiger partial charge in [-0.3, -0.25) is 9.59 Å². The second-order valence-electron chi connectivity index (χ2n) is 13.7. The predicted octanol–water partition coefficient (Wildman–Crippen LogP) is 6.81. The quantitative estimate of drug-likeness (QED) is 0.103. The molecular weight excluding hydrogens is 701 g/mol. The number of amides is 2. The summed E-state index contributed by atoms with van der Waals surface area (Å²) in [5.41, 5.74) is 1.14. The van der Waals surface area contributed by atoms with Gasteiger partial charge in [0.15, 0.2) is 6.61 Å². The molecule has 0 bridgehead atoms. The summed E-state index contributed by atoms with van der Waals surface area (Å²) >= 11 is 1.36. The number of anilines is 2. The molecule has 4 rings (SSSR count). The van der Waals surface area contributed by atoms with Gasteiger partial charge in [-0.25, -0.2) is 17.9 Å². The molecule has 52 heavy (non-hydrogen) atoms. The van der Waals surface area contributed by atoms with Crippen LogP contribution in [0, 0.1) is 5.92 Å². The minimum absolute atomic E-state index is 0.00833. The number of carbonyl (C=O) groups is 3. The van der Waals surface area contributed by atoms with Crippen LogP contribution in [0.25, 0.3) is 0 Å². The number of aliphatic carboxylic acids is 1. The SMILES string of the molecule is CCCCC1(CCCC)CN(c2ccccc2)c2cc(SC)c(OCC(=O)NC(C(=O)NC(CC(C)C)C(=O)O)c3ccccc3)cc2S(=O)(=O)N1. The molecule has 3 aromatic rings. The van der Waals surface area contributed by atoms with Crippen molar-refractivity contribution >= 4 is 50.9 Å². The van der Waals surface area contributed by atoms with Gasteiger partial charge in [-0.2, -0.15) is 0 Å². The second-order valence-corrected chi connectivity index (χ2v) is 16.2. The first-order valence-corrected chi connectivity index (χ1v) is 20.6. The molecule has 1 aliphatic rings. The normalized spacial score (nSPS) is 15.9. The van der Waals surface area contributed by atoms with Gasteiger partial charge in [0.1, 0.15) is 22.7 Å². The Balaban J connectivity index is 1.67. The Bertz CT molecular complexity index is 1760. The Morgan fingerprint density at radius 1 is 0.962 bits per heavy atom. The summed E-state index contributed by atoms with van der Waals surface area (Å²) in [5, 5.41) is 15.0. The van der Waals surface area contributed by atoms with Crippen LogP contribution in [-0.4, -0.2) is 62.3 Å². The van der Waals surface area contributed by atoms with Crippen molar-refractivity contribution in [2.75, 3.05) is 24.3 Å². The van der Waals surface area contributed by atoms with Crippen LogP contribution in [0.4, 0.5) is 11.4 Å². The number of carboxylic acid groups (broad SMARTS) is 1. The molecule has 2 amide bonds. The van der Waals surface area contributed by atoms with E-state index >= 15 is 0 Å². The number of thioether (sulfide) groups is 1. The first-order valence-electron chi connectivity index (χ1n) is 17.9. The van der Waals surface area contributed by atoms with E-state index in [1.165, 1.54) is 17.8 Å². The molecule has 0 fully saturated rings. The molecule has 0 spiro atoms. The number of rotatable bonds is 18. The number of unbranched alkanes of at least 4 members (excludes halogenated alkanes) is 2. The molecule has 3 aromatic carbocycles. The maximum Gasteiger partial charge on any atom is 0.326 e. The van der Waals surface area contributed by atoms with E-state index in [-0.39, 0.29) is 23.0 Å². The minimum atomic E-state index is -4.05. The molecule has 2 atom stereocenters. The van der Waals surface area contributed by atoms with Crippen LogP contribution in [-0.2, 0) is 24.4 Å². The fourth-order valence-electron chi connectivity index (χ4n) is 6.48. The molecule has 2 unspecified atom stereocenters. The number of benzene rings is 3. The van der Waals surface area contributed by atoms with Gasteiger partial charge in [-0.05, 0) is 55.2 Å². The molecule has 1 aliphatic heterocycles. The van der Waals surface area contributed by atoms with E-state index in [9.17, 15) is 27.9 Å². The maximum absolute atomic E-state index is 14.3. The third-order valence-electron chi connectivity index (χ3n) is 9.10. The van der Waals surface area contributed by atoms with E-state index in [1.807, 2.05) is 50.4 Å². The van der Waals surface area contributed by atoms with Gasteiger partial charge in [-0.1, -0.05) is 102 Å². The van der Waals surface area contributed by atoms with Gasteiger partial charge in [-0.15, -0.1) is 11.8 Å². The highest BCUT2D eigenvalue weighted by atomic mass is 32.2. The van der Waals surface area contributed by atoms with Crippen LogP contribution in [0.2, 0.25) is 0 Å². The molecule has 0 saturated heterocycles. The van der Waals surface area contributed by atoms with Gasteiger partial charge < -0.3 is 25.4 Å². The highest BCUT2D eigenvalue weighted by Gasteiger charge is 2.42. The van der Waals surface area contributed by atoms with Crippen LogP contribution in [0.1, 0.15) is 84.2 Å². The molecule has 0 aliphatic carbocycles. The van der Waals surface area contributed by atoms with Crippen molar-refractivity contribution in [2.24, 2.45) is 5.92 Å². The third-order valence-corrected chi connectivity index (χ3v) is 11.5. The Kier molecular flexibility index (Phi) is 14.6. The van der Waals surface area contributed by atoms with Crippen molar-refractivity contribution in [3.63, 3.8) is 0 Å². The average molecular weight is 753 g/mol. The fourth-order valence-corrected chi connectivity index (χ4v) is 8.69. The van der Waals surface area contributed by atoms with Gasteiger partial charge in [0.05, 0.1) is 16.1 Å². The average Bonchev–Trinajstić information content (AvgIpc) is 3.22. The van der Waals surface area contributed by atoms with Crippen molar-refractivity contribution in [2.45, 2.75) is 100 Å². The van der Waals surface area contributed by atoms with Crippen LogP contribution >= 0.6 is 11.8 Å². The number of hydrogen-bond acceptors (Lipinski definition) is 8. The number of nitrogens with one attached hydrogen (secondary N) is 3. The van der Waals surface area contributed by atoms with E-state index in [2.05, 4.69) is 34.1 Å². The number of carbonyl (C=O) groups excluding carboxylic acids is 2. The van der Waals surface area contributed by atoms with Crippen molar-refractivity contribution in [3.8, 4) is 5.75 Å². The molecular formula is C39H52N4O7S2. The smallest absolute Gasteiger partial charge is 0.326 e. The largest absolute Gasteiger partial charge is 0.483 e. The summed E-state index contributed by atoms with van der Waals surface area (Å²) in [6.45, 7) is 7.84. The number of sulfonamides is 1. The number of carboxylic acids is 1. The molecule has 0 saturated carbocycles. The zero-order valence-corrected chi connectivity index (χ0v) is 32.3. The lowest BCUT2D eigenvalue weighted by Crippen LogP contribution is -2.53. The third kappa shape index (κ3) is 10.5. The fraction of sp³-hybridized carbons (Fsp3) is 0.462. The van der Waals surface area contributed by atoms with E-state index in [1.54, 1.807) is 36.4 Å². The predicted molar refractivity (Wildman–Crippen MR) is 206 cm³/mol. The van der Waals surface area contributed by atoms with E-state index in [0.29, 0.717) is 35.5 Å². The monoisotopic (exact) mass is 752 g/mol. The van der Waals surface area contributed by atoms with Gasteiger partial charge >= 0.3 is 5.97 Å². The minimum Gasteiger partial charge on any atom is -0.483 e. The van der Waals surface area contributed by atoms with Crippen LogP contribution in [0.5, 0.6) is 5.75 Å². The van der Waals surface area contributed by atoms with Crippen molar-refractivity contribution < 1.29 is 32.6 Å². The molecule has 282 valence electrons. The first kappa shape index (κ1) is 40.7. The second kappa shape index (κ2) is 18.6. The number of fused-ring (bicyclic) bond motifs is 1. The van der Waals surface area contributed by atoms with Crippen LogP contribution in [0.3, 0.4) is 0 Å². The standard InChI is InChI=1S/C39H52N4O7S2/c1-6-8-20-39(21-9-7-2)26-43(29-18-14-11-15-19-29)31-23-33(51-5)32(24-34(31)52(48,49)42-39)50-25-35(44)41-36(28-16-12-10-13-17-28)37(45)40-30(38(46)47)22-27(3)4/h10-19,23-24,27,30,36,42H,6-9,20-22,25-26H2,1-5H3,(H,40,45)(H,41,44)(H,46,47). The highest BCUT2D eigenvalue weighted by molar-refractivity contribution is 7.98. The summed E-state index contributed by atoms with van der Waals surface area (Å²) in [7, 11) is -4.05. The summed E-state index contributed by atoms with van der Waals surface area (Å²) in [6, 6.07) is 19.2. The van der Waals surface area contributed by atoms with Crippen molar-refractivity contribution in [1.29, 1.82) is 0 Å². The zero-order chi connectivity index (χ0) is 37.9. The lowest BCUT2D eigenvalue weighted by atomic mass is 9.87. The number of nitrogens with zero attached hydrogens (tertiary/aromatic N) is 1. The topological polar surface area (TPSA) is 154 Å². The molecule has 13 heteroatoms. The lowest BCUT2D eigenvalue weighted by molar-refractivity contribution is -0.142. The Morgan fingerprint density at radius 2 is 1.58 bits per heavy atom. The van der Waals surface area contributed by atoms with E-state index in [0.717, 1.165) is 31.4 Å². The Labute approximate surface area is 312 Å². The van der Waals surface area contributed by atoms with Gasteiger partial charge in [0.25, 0.3) is 5.91 Å². The van der Waals surface area contributed by atoms with Gasteiger partial charge in [0.2, 0.25) is 15.9 Å². The molecule has 4 N–H and O–H groups in total. The molecule has 0 radical (unpaired) electrons. The number of hydrogen-bond donors (Lipinski definition) is 4. The summed E-state index contributed by atoms with van der Waals surface area (Å²) < 4.78 is 37.8. The molecule has 0 aromatic heterocycles. The van der Waals surface area contributed by atoms with E-state index < -0.39 is 52.0 Å². The van der Waals surface area contributed by atoms with Crippen molar-refractivity contribution in [1.82, 2.24) is 15.4 Å². The van der Waals surface area contributed by atoms with Gasteiger partial charge in [0, 0.05) is 18.3 Å². The lowest BCUT2D eigenvalue weighted by Gasteiger charge is -2.37. The number of para-hydroxylation sites is 1. The zero-order valence-electron chi connectivity index (χ0n) is 30.7. The summed E-state index contributed by atoms with van der Waals surface area (Å²) in [6.07, 6.45) is 7.00. The maximum atomic E-state index is 14.3. The van der Waals surface area contributed by atoms with Crippen molar-refractivity contribution in [3.05, 3.63) is 78.4 Å². The van der Waals surface area contributed by atoms with E-state index in [4.69, 9.17) is 4.74 Å². The van der Waals surface area contributed by atoms with Crippen LogP contribution in [0.15, 0.2) is 82.6 Å².